The highest BCUT2D eigenvalue weighted by Crippen LogP contribution is 2.18. The molecule has 2 heterocycles. The number of pyridine rings is 1. The zero-order valence-corrected chi connectivity index (χ0v) is 10.4. The second kappa shape index (κ2) is 4.96. The minimum absolute atomic E-state index is 0.0974. The summed E-state index contributed by atoms with van der Waals surface area (Å²) >= 11 is 3.29. The fourth-order valence-electron chi connectivity index (χ4n) is 1.26. The van der Waals surface area contributed by atoms with Crippen molar-refractivity contribution in [2.75, 3.05) is 11.1 Å². The summed E-state index contributed by atoms with van der Waals surface area (Å²) in [6.45, 7) is 0.0974. The summed E-state index contributed by atoms with van der Waals surface area (Å²) in [5.41, 5.74) is 5.45. The summed E-state index contributed by atoms with van der Waals surface area (Å²) in [6, 6.07) is 5.20. The lowest BCUT2D eigenvalue weighted by Crippen LogP contribution is -2.20. The minimum Gasteiger partial charge on any atom is -0.382 e. The molecule has 17 heavy (non-hydrogen) atoms. The van der Waals surface area contributed by atoms with Crippen molar-refractivity contribution in [3.05, 3.63) is 35.1 Å². The molecule has 0 aliphatic rings. The van der Waals surface area contributed by atoms with E-state index in [1.54, 1.807) is 30.6 Å². The third-order valence-electron chi connectivity index (χ3n) is 1.98. The standard InChI is InChI=1S/C10H10BrN5O/c11-7-2-1-4-13-10(7)14-9(17)6-16-5-3-8(12)15-16/h1-5H,6H2,(H2,12,15)(H,13,14,17). The molecule has 0 aliphatic carbocycles. The Balaban J connectivity index is 2.01. The lowest BCUT2D eigenvalue weighted by molar-refractivity contribution is -0.116. The van der Waals surface area contributed by atoms with E-state index in [0.717, 1.165) is 4.47 Å². The number of carbonyl (C=O) groups excluding carboxylic acids is 1. The Morgan fingerprint density at radius 3 is 3.00 bits per heavy atom. The van der Waals surface area contributed by atoms with E-state index in [0.29, 0.717) is 11.6 Å². The quantitative estimate of drug-likeness (QED) is 0.893. The van der Waals surface area contributed by atoms with Crippen LogP contribution in [0.5, 0.6) is 0 Å². The van der Waals surface area contributed by atoms with Crippen molar-refractivity contribution in [2.24, 2.45) is 0 Å². The molecule has 0 radical (unpaired) electrons. The van der Waals surface area contributed by atoms with Crippen LogP contribution in [0.4, 0.5) is 11.6 Å². The van der Waals surface area contributed by atoms with Gasteiger partial charge in [-0.15, -0.1) is 0 Å². The molecule has 0 spiro atoms. The zero-order valence-electron chi connectivity index (χ0n) is 8.80. The van der Waals surface area contributed by atoms with Gasteiger partial charge in [-0.2, -0.15) is 5.10 Å². The summed E-state index contributed by atoms with van der Waals surface area (Å²) in [4.78, 5) is 15.7. The Morgan fingerprint density at radius 1 is 1.53 bits per heavy atom. The van der Waals surface area contributed by atoms with Gasteiger partial charge in [-0.3, -0.25) is 9.48 Å². The number of amides is 1. The fourth-order valence-corrected chi connectivity index (χ4v) is 1.62. The number of nitrogens with zero attached hydrogens (tertiary/aromatic N) is 3. The van der Waals surface area contributed by atoms with Crippen molar-refractivity contribution < 1.29 is 4.79 Å². The summed E-state index contributed by atoms with van der Waals surface area (Å²) in [7, 11) is 0. The fraction of sp³-hybridized carbons (Fsp3) is 0.100. The molecule has 3 N–H and O–H groups in total. The number of rotatable bonds is 3. The summed E-state index contributed by atoms with van der Waals surface area (Å²) in [5, 5.41) is 6.59. The van der Waals surface area contributed by atoms with Crippen LogP contribution in [0.3, 0.4) is 0 Å². The van der Waals surface area contributed by atoms with Crippen molar-refractivity contribution in [1.29, 1.82) is 0 Å². The molecule has 0 saturated carbocycles. The molecule has 6 nitrogen and oxygen atoms in total. The van der Waals surface area contributed by atoms with Gasteiger partial charge >= 0.3 is 0 Å². The normalized spacial score (nSPS) is 10.2. The Morgan fingerprint density at radius 2 is 2.35 bits per heavy atom. The Bertz CT molecular complexity index is 539. The van der Waals surface area contributed by atoms with Gasteiger partial charge in [-0.25, -0.2) is 4.98 Å². The van der Waals surface area contributed by atoms with Crippen LogP contribution in [0.15, 0.2) is 35.1 Å². The van der Waals surface area contributed by atoms with Gasteiger partial charge in [0.15, 0.2) is 0 Å². The first-order valence-corrected chi connectivity index (χ1v) is 5.64. The van der Waals surface area contributed by atoms with E-state index < -0.39 is 0 Å². The van der Waals surface area contributed by atoms with Crippen LogP contribution >= 0.6 is 15.9 Å². The van der Waals surface area contributed by atoms with Gasteiger partial charge in [0.1, 0.15) is 18.2 Å². The predicted molar refractivity (Wildman–Crippen MR) is 67.2 cm³/mol. The maximum atomic E-state index is 11.7. The maximum Gasteiger partial charge on any atom is 0.247 e. The van der Waals surface area contributed by atoms with Gasteiger partial charge in [0, 0.05) is 12.4 Å². The van der Waals surface area contributed by atoms with Crippen LogP contribution in [-0.4, -0.2) is 20.7 Å². The SMILES string of the molecule is Nc1ccn(CC(=O)Nc2ncccc2Br)n1. The average Bonchev–Trinajstić information content (AvgIpc) is 2.67. The predicted octanol–water partition coefficient (Wildman–Crippen LogP) is 1.26. The molecule has 0 unspecified atom stereocenters. The highest BCUT2D eigenvalue weighted by atomic mass is 79.9. The molecule has 1 amide bonds. The molecule has 0 saturated heterocycles. The number of carbonyl (C=O) groups is 1. The molecular formula is C10H10BrN5O. The van der Waals surface area contributed by atoms with Crippen molar-refractivity contribution in [3.63, 3.8) is 0 Å². The number of nitrogen functional groups attached to an aromatic ring is 1. The van der Waals surface area contributed by atoms with Gasteiger partial charge in [0.2, 0.25) is 5.91 Å². The number of halogens is 1. The molecule has 88 valence electrons. The number of nitrogens with one attached hydrogen (secondary N) is 1. The Labute approximate surface area is 106 Å². The second-order valence-corrected chi connectivity index (χ2v) is 4.17. The number of anilines is 2. The van der Waals surface area contributed by atoms with Crippen molar-refractivity contribution in [1.82, 2.24) is 14.8 Å². The summed E-state index contributed by atoms with van der Waals surface area (Å²) in [6.07, 6.45) is 3.24. The molecule has 0 atom stereocenters. The maximum absolute atomic E-state index is 11.7. The monoisotopic (exact) mass is 295 g/mol. The van der Waals surface area contributed by atoms with Crippen molar-refractivity contribution in [3.8, 4) is 0 Å². The van der Waals surface area contributed by atoms with Crippen LogP contribution in [-0.2, 0) is 11.3 Å². The number of aromatic nitrogens is 3. The van der Waals surface area contributed by atoms with Crippen LogP contribution in [0.1, 0.15) is 0 Å². The van der Waals surface area contributed by atoms with Gasteiger partial charge < -0.3 is 11.1 Å². The highest BCUT2D eigenvalue weighted by molar-refractivity contribution is 9.10. The molecule has 0 aromatic carbocycles. The van der Waals surface area contributed by atoms with E-state index in [1.165, 1.54) is 4.68 Å². The third kappa shape index (κ3) is 3.04. The first-order valence-electron chi connectivity index (χ1n) is 4.84. The van der Waals surface area contributed by atoms with Crippen molar-refractivity contribution in [2.45, 2.75) is 6.54 Å². The van der Waals surface area contributed by atoms with E-state index in [1.807, 2.05) is 0 Å². The first-order chi connectivity index (χ1) is 8.15. The molecule has 0 fully saturated rings. The van der Waals surface area contributed by atoms with Crippen LogP contribution in [0.2, 0.25) is 0 Å². The molecule has 0 aliphatic heterocycles. The number of hydrogen-bond acceptors (Lipinski definition) is 4. The van der Waals surface area contributed by atoms with Gasteiger partial charge in [0.25, 0.3) is 0 Å². The first kappa shape index (κ1) is 11.6. The Hall–Kier alpha value is -1.89. The zero-order chi connectivity index (χ0) is 12.3. The Kier molecular flexibility index (Phi) is 3.38. The summed E-state index contributed by atoms with van der Waals surface area (Å²) < 4.78 is 2.19. The molecular weight excluding hydrogens is 286 g/mol. The van der Waals surface area contributed by atoms with E-state index in [9.17, 15) is 4.79 Å². The lowest BCUT2D eigenvalue weighted by atomic mass is 10.4. The molecule has 2 rings (SSSR count). The minimum atomic E-state index is -0.215. The van der Waals surface area contributed by atoms with Crippen LogP contribution in [0.25, 0.3) is 0 Å². The van der Waals surface area contributed by atoms with Crippen molar-refractivity contribution >= 4 is 33.5 Å². The van der Waals surface area contributed by atoms with Gasteiger partial charge in [-0.05, 0) is 34.1 Å². The topological polar surface area (TPSA) is 85.8 Å². The average molecular weight is 296 g/mol. The molecule has 2 aromatic heterocycles. The largest absolute Gasteiger partial charge is 0.382 e. The van der Waals surface area contributed by atoms with E-state index in [-0.39, 0.29) is 12.5 Å². The number of hydrogen-bond donors (Lipinski definition) is 2. The smallest absolute Gasteiger partial charge is 0.247 e. The van der Waals surface area contributed by atoms with Gasteiger partial charge in [0.05, 0.1) is 4.47 Å². The van der Waals surface area contributed by atoms with Gasteiger partial charge in [-0.1, -0.05) is 0 Å². The van der Waals surface area contributed by atoms with Crippen LogP contribution < -0.4 is 11.1 Å². The van der Waals surface area contributed by atoms with E-state index in [4.69, 9.17) is 5.73 Å². The molecule has 2 aromatic rings. The van der Waals surface area contributed by atoms with E-state index in [2.05, 4.69) is 31.3 Å². The molecule has 0 bridgehead atoms. The highest BCUT2D eigenvalue weighted by Gasteiger charge is 2.07. The van der Waals surface area contributed by atoms with Crippen LogP contribution in [0, 0.1) is 0 Å². The summed E-state index contributed by atoms with van der Waals surface area (Å²) in [5.74, 6) is 0.655. The lowest BCUT2D eigenvalue weighted by Gasteiger charge is -2.05. The molecule has 7 heteroatoms. The third-order valence-corrected chi connectivity index (χ3v) is 2.62. The number of nitrogens with two attached hydrogens (primary N) is 1. The second-order valence-electron chi connectivity index (χ2n) is 3.32. The van der Waals surface area contributed by atoms with E-state index >= 15 is 0 Å².